The van der Waals surface area contributed by atoms with Crippen LogP contribution in [0.3, 0.4) is 0 Å². The van der Waals surface area contributed by atoms with Gasteiger partial charge in [-0.05, 0) is 35.3 Å². The largest absolute Gasteiger partial charge is 0.452 e. The maximum Gasteiger partial charge on any atom is 0.331 e. The Morgan fingerprint density at radius 1 is 1.12 bits per heavy atom. The molecule has 0 radical (unpaired) electrons. The molecule has 1 atom stereocenters. The number of nitrogens with one attached hydrogen (secondary N) is 1. The molecule has 4 nitrogen and oxygen atoms in total. The molecule has 0 unspecified atom stereocenters. The highest BCUT2D eigenvalue weighted by molar-refractivity contribution is 5.89. The smallest absolute Gasteiger partial charge is 0.331 e. The number of carbonyl (C=O) groups is 2. The van der Waals surface area contributed by atoms with Crippen LogP contribution < -0.4 is 5.32 Å². The Hall–Kier alpha value is -2.95. The van der Waals surface area contributed by atoms with Crippen LogP contribution in [-0.4, -0.2) is 25.0 Å². The summed E-state index contributed by atoms with van der Waals surface area (Å²) in [5.41, 5.74) is 1.79. The van der Waals surface area contributed by atoms with Gasteiger partial charge in [0.1, 0.15) is 5.82 Å². The average Bonchev–Trinajstić information content (AvgIpc) is 2.64. The Balaban J connectivity index is 1.70. The number of ether oxygens (including phenoxy) is 1. The second-order valence-electron chi connectivity index (χ2n) is 5.61. The van der Waals surface area contributed by atoms with Crippen LogP contribution in [0, 0.1) is 5.82 Å². The maximum atomic E-state index is 12.8. The number of halogens is 1. The molecule has 0 heterocycles. The number of hydrogen-bond acceptors (Lipinski definition) is 3. The van der Waals surface area contributed by atoms with Crippen LogP contribution in [0.4, 0.5) is 4.39 Å². The van der Waals surface area contributed by atoms with Gasteiger partial charge < -0.3 is 10.1 Å². The van der Waals surface area contributed by atoms with E-state index in [0.717, 1.165) is 5.56 Å². The van der Waals surface area contributed by atoms with Gasteiger partial charge in [-0.1, -0.05) is 49.4 Å². The first-order valence-electron chi connectivity index (χ1n) is 7.96. The number of benzene rings is 2. The lowest BCUT2D eigenvalue weighted by Gasteiger charge is -2.12. The first-order chi connectivity index (χ1) is 12.0. The number of esters is 1. The summed E-state index contributed by atoms with van der Waals surface area (Å²) in [6, 6.07) is 15.5. The molecule has 2 aromatic rings. The molecule has 130 valence electrons. The van der Waals surface area contributed by atoms with E-state index in [4.69, 9.17) is 4.74 Å². The summed E-state index contributed by atoms with van der Waals surface area (Å²) in [5, 5.41) is 2.73. The predicted octanol–water partition coefficient (Wildman–Crippen LogP) is 3.30. The van der Waals surface area contributed by atoms with E-state index < -0.39 is 5.97 Å². The molecule has 0 bridgehead atoms. The summed E-state index contributed by atoms with van der Waals surface area (Å²) in [7, 11) is 0. The fourth-order valence-electron chi connectivity index (χ4n) is 2.14. The van der Waals surface area contributed by atoms with E-state index >= 15 is 0 Å². The van der Waals surface area contributed by atoms with Crippen LogP contribution in [-0.2, 0) is 14.3 Å². The SMILES string of the molecule is C[C@H](CNC(=O)COC(=O)/C=C/c1ccc(F)cc1)c1ccccc1. The van der Waals surface area contributed by atoms with Crippen molar-refractivity contribution in [3.63, 3.8) is 0 Å². The van der Waals surface area contributed by atoms with Gasteiger partial charge >= 0.3 is 5.97 Å². The molecule has 0 aromatic heterocycles. The van der Waals surface area contributed by atoms with Gasteiger partial charge in [0.15, 0.2) is 6.61 Å². The number of hydrogen-bond donors (Lipinski definition) is 1. The summed E-state index contributed by atoms with van der Waals surface area (Å²) in [4.78, 5) is 23.3. The van der Waals surface area contributed by atoms with Crippen molar-refractivity contribution in [3.05, 3.63) is 77.6 Å². The lowest BCUT2D eigenvalue weighted by atomic mass is 10.0. The molecular formula is C20H20FNO3. The van der Waals surface area contributed by atoms with Crippen LogP contribution in [0.5, 0.6) is 0 Å². The molecule has 0 aliphatic rings. The minimum absolute atomic E-state index is 0.166. The number of carbonyl (C=O) groups excluding carboxylic acids is 2. The van der Waals surface area contributed by atoms with Crippen molar-refractivity contribution in [1.29, 1.82) is 0 Å². The fourth-order valence-corrected chi connectivity index (χ4v) is 2.14. The van der Waals surface area contributed by atoms with E-state index in [9.17, 15) is 14.0 Å². The highest BCUT2D eigenvalue weighted by Crippen LogP contribution is 2.12. The van der Waals surface area contributed by atoms with E-state index in [1.165, 1.54) is 36.4 Å². The number of rotatable bonds is 7. The summed E-state index contributed by atoms with van der Waals surface area (Å²) < 4.78 is 17.6. The molecule has 1 amide bonds. The van der Waals surface area contributed by atoms with Crippen LogP contribution in [0.15, 0.2) is 60.7 Å². The van der Waals surface area contributed by atoms with Gasteiger partial charge in [0, 0.05) is 12.6 Å². The minimum Gasteiger partial charge on any atom is -0.452 e. The summed E-state index contributed by atoms with van der Waals surface area (Å²) >= 11 is 0. The molecule has 5 heteroatoms. The van der Waals surface area contributed by atoms with Gasteiger partial charge in [-0.2, -0.15) is 0 Å². The Morgan fingerprint density at radius 2 is 1.80 bits per heavy atom. The van der Waals surface area contributed by atoms with Crippen molar-refractivity contribution in [2.75, 3.05) is 13.2 Å². The molecule has 2 rings (SSSR count). The fraction of sp³-hybridized carbons (Fsp3) is 0.200. The van der Waals surface area contributed by atoms with Crippen molar-refractivity contribution in [2.45, 2.75) is 12.8 Å². The normalized spacial score (nSPS) is 11.9. The average molecular weight is 341 g/mol. The molecule has 0 saturated heterocycles. The summed E-state index contributed by atoms with van der Waals surface area (Å²) in [6.07, 6.45) is 2.70. The van der Waals surface area contributed by atoms with E-state index in [1.54, 1.807) is 0 Å². The second kappa shape index (κ2) is 9.37. The van der Waals surface area contributed by atoms with Gasteiger partial charge in [-0.3, -0.25) is 4.79 Å². The first-order valence-corrected chi connectivity index (χ1v) is 7.96. The molecular weight excluding hydrogens is 321 g/mol. The third kappa shape index (κ3) is 6.59. The molecule has 0 aliphatic carbocycles. The molecule has 0 aliphatic heterocycles. The second-order valence-corrected chi connectivity index (χ2v) is 5.61. The van der Waals surface area contributed by atoms with Gasteiger partial charge in [-0.15, -0.1) is 0 Å². The van der Waals surface area contributed by atoms with E-state index in [1.807, 2.05) is 37.3 Å². The van der Waals surface area contributed by atoms with Crippen LogP contribution in [0.1, 0.15) is 24.0 Å². The zero-order valence-corrected chi connectivity index (χ0v) is 13.9. The van der Waals surface area contributed by atoms with Crippen molar-refractivity contribution in [3.8, 4) is 0 Å². The van der Waals surface area contributed by atoms with Crippen LogP contribution in [0.2, 0.25) is 0 Å². The lowest BCUT2D eigenvalue weighted by Crippen LogP contribution is -2.31. The maximum absolute atomic E-state index is 12.8. The first kappa shape index (κ1) is 18.4. The van der Waals surface area contributed by atoms with Crippen molar-refractivity contribution in [1.82, 2.24) is 5.32 Å². The quantitative estimate of drug-likeness (QED) is 0.621. The standard InChI is InChI=1S/C20H20FNO3/c1-15(17-5-3-2-4-6-17)13-22-19(23)14-25-20(24)12-9-16-7-10-18(21)11-8-16/h2-12,15H,13-14H2,1H3,(H,22,23)/b12-9+/t15-/m1/s1. The third-order valence-corrected chi connectivity index (χ3v) is 3.60. The van der Waals surface area contributed by atoms with Crippen molar-refractivity contribution in [2.24, 2.45) is 0 Å². The van der Waals surface area contributed by atoms with Crippen molar-refractivity contribution >= 4 is 18.0 Å². The van der Waals surface area contributed by atoms with Crippen LogP contribution >= 0.6 is 0 Å². The number of amides is 1. The van der Waals surface area contributed by atoms with Crippen molar-refractivity contribution < 1.29 is 18.7 Å². The van der Waals surface area contributed by atoms with Gasteiger partial charge in [-0.25, -0.2) is 9.18 Å². The molecule has 25 heavy (non-hydrogen) atoms. The summed E-state index contributed by atoms with van der Waals surface area (Å²) in [5.74, 6) is -1.16. The van der Waals surface area contributed by atoms with E-state index in [-0.39, 0.29) is 24.2 Å². The van der Waals surface area contributed by atoms with E-state index in [0.29, 0.717) is 12.1 Å². The van der Waals surface area contributed by atoms with Gasteiger partial charge in [0.05, 0.1) is 0 Å². The topological polar surface area (TPSA) is 55.4 Å². The Morgan fingerprint density at radius 3 is 2.48 bits per heavy atom. The van der Waals surface area contributed by atoms with E-state index in [2.05, 4.69) is 5.32 Å². The predicted molar refractivity (Wildman–Crippen MR) is 94.3 cm³/mol. The Labute approximate surface area is 146 Å². The van der Waals surface area contributed by atoms with Crippen LogP contribution in [0.25, 0.3) is 6.08 Å². The Kier molecular flexibility index (Phi) is 6.89. The highest BCUT2D eigenvalue weighted by atomic mass is 19.1. The monoisotopic (exact) mass is 341 g/mol. The lowest BCUT2D eigenvalue weighted by molar-refractivity contribution is -0.143. The highest BCUT2D eigenvalue weighted by Gasteiger charge is 2.09. The molecule has 2 aromatic carbocycles. The zero-order chi connectivity index (χ0) is 18.1. The molecule has 0 fully saturated rings. The van der Waals surface area contributed by atoms with Gasteiger partial charge in [0.25, 0.3) is 5.91 Å². The zero-order valence-electron chi connectivity index (χ0n) is 13.9. The van der Waals surface area contributed by atoms with Gasteiger partial charge in [0.2, 0.25) is 0 Å². The third-order valence-electron chi connectivity index (χ3n) is 3.60. The molecule has 0 spiro atoms. The molecule has 0 saturated carbocycles. The minimum atomic E-state index is -0.629. The Bertz CT molecular complexity index is 726. The summed E-state index contributed by atoms with van der Waals surface area (Å²) in [6.45, 7) is 2.13. The molecule has 1 N–H and O–H groups in total.